The van der Waals surface area contributed by atoms with Crippen LogP contribution in [0, 0.1) is 6.92 Å². The van der Waals surface area contributed by atoms with E-state index in [1.807, 2.05) is 49.4 Å². The summed E-state index contributed by atoms with van der Waals surface area (Å²) in [4.78, 5) is 22.9. The highest BCUT2D eigenvalue weighted by Crippen LogP contribution is 2.19. The second-order valence-electron chi connectivity index (χ2n) is 6.48. The Morgan fingerprint density at radius 2 is 2.04 bits per heavy atom. The fraction of sp³-hybridized carbons (Fsp3) is 0.300. The zero-order valence-electron chi connectivity index (χ0n) is 16.2. The average Bonchev–Trinajstić information content (AvgIpc) is 3.12. The minimum atomic E-state index is -0.278. The van der Waals surface area contributed by atoms with Crippen LogP contribution >= 0.6 is 0 Å². The first-order valence-corrected chi connectivity index (χ1v) is 8.97. The van der Waals surface area contributed by atoms with Gasteiger partial charge in [0, 0.05) is 32.5 Å². The highest BCUT2D eigenvalue weighted by Gasteiger charge is 2.22. The maximum absolute atomic E-state index is 12.7. The standard InChI is InChI=1S/C20H24N6O2/c1-14-22-19(25-24-14)12-15-7-9-16(10-8-15)23-20(27)26(2)18(13-28-3)17-6-4-5-11-21-17/h4-11,18H,12-13H2,1-3H3,(H,23,27)(H,22,24,25). The van der Waals surface area contributed by atoms with E-state index in [2.05, 4.69) is 25.5 Å². The Morgan fingerprint density at radius 3 is 2.64 bits per heavy atom. The van der Waals surface area contributed by atoms with Gasteiger partial charge in [-0.05, 0) is 36.8 Å². The number of aromatic nitrogens is 4. The van der Waals surface area contributed by atoms with Crippen molar-refractivity contribution in [2.75, 3.05) is 26.1 Å². The van der Waals surface area contributed by atoms with E-state index in [1.165, 1.54) is 0 Å². The van der Waals surface area contributed by atoms with Crippen LogP contribution in [0.15, 0.2) is 48.7 Å². The summed E-state index contributed by atoms with van der Waals surface area (Å²) in [5.74, 6) is 1.53. The molecule has 2 N–H and O–H groups in total. The maximum Gasteiger partial charge on any atom is 0.322 e. The predicted octanol–water partition coefficient (Wildman–Crippen LogP) is 2.95. The molecule has 0 saturated heterocycles. The highest BCUT2D eigenvalue weighted by atomic mass is 16.5. The normalized spacial score (nSPS) is 11.8. The smallest absolute Gasteiger partial charge is 0.322 e. The summed E-state index contributed by atoms with van der Waals surface area (Å²) in [5, 5.41) is 9.89. The second kappa shape index (κ2) is 9.09. The lowest BCUT2D eigenvalue weighted by Gasteiger charge is -2.27. The number of carbonyl (C=O) groups is 1. The molecule has 8 heteroatoms. The Labute approximate surface area is 164 Å². The number of nitrogens with one attached hydrogen (secondary N) is 2. The molecule has 8 nitrogen and oxygen atoms in total. The number of pyridine rings is 1. The molecule has 146 valence electrons. The van der Waals surface area contributed by atoms with Crippen molar-refractivity contribution in [1.82, 2.24) is 25.1 Å². The molecule has 1 aromatic carbocycles. The summed E-state index contributed by atoms with van der Waals surface area (Å²) < 4.78 is 5.28. The van der Waals surface area contributed by atoms with Crippen molar-refractivity contribution in [1.29, 1.82) is 0 Å². The van der Waals surface area contributed by atoms with E-state index in [9.17, 15) is 4.79 Å². The molecule has 0 spiro atoms. The first kappa shape index (κ1) is 19.5. The Kier molecular flexibility index (Phi) is 6.33. The molecule has 2 heterocycles. The molecular weight excluding hydrogens is 356 g/mol. The number of anilines is 1. The van der Waals surface area contributed by atoms with Gasteiger partial charge in [-0.2, -0.15) is 5.10 Å². The number of amides is 2. The van der Waals surface area contributed by atoms with Crippen LogP contribution in [0.3, 0.4) is 0 Å². The van der Waals surface area contributed by atoms with E-state index in [0.717, 1.165) is 22.9 Å². The molecular formula is C20H24N6O2. The summed E-state index contributed by atoms with van der Waals surface area (Å²) in [6.07, 6.45) is 2.34. The van der Waals surface area contributed by atoms with E-state index >= 15 is 0 Å². The van der Waals surface area contributed by atoms with Crippen molar-refractivity contribution in [3.63, 3.8) is 0 Å². The number of hydrogen-bond acceptors (Lipinski definition) is 5. The summed E-state index contributed by atoms with van der Waals surface area (Å²) in [5.41, 5.74) is 2.55. The number of benzene rings is 1. The fourth-order valence-corrected chi connectivity index (χ4v) is 2.84. The Hall–Kier alpha value is -3.26. The molecule has 0 radical (unpaired) electrons. The van der Waals surface area contributed by atoms with Crippen molar-refractivity contribution in [2.24, 2.45) is 0 Å². The fourth-order valence-electron chi connectivity index (χ4n) is 2.84. The molecule has 0 saturated carbocycles. The number of H-pyrrole nitrogens is 1. The van der Waals surface area contributed by atoms with Crippen LogP contribution < -0.4 is 5.32 Å². The lowest BCUT2D eigenvalue weighted by Crippen LogP contribution is -2.37. The predicted molar refractivity (Wildman–Crippen MR) is 106 cm³/mol. The van der Waals surface area contributed by atoms with Gasteiger partial charge in [0.1, 0.15) is 5.82 Å². The first-order valence-electron chi connectivity index (χ1n) is 8.97. The number of carbonyl (C=O) groups excluding carboxylic acids is 1. The summed E-state index contributed by atoms with van der Waals surface area (Å²) in [7, 11) is 3.34. The van der Waals surface area contributed by atoms with Crippen molar-refractivity contribution in [2.45, 2.75) is 19.4 Å². The van der Waals surface area contributed by atoms with Gasteiger partial charge in [-0.3, -0.25) is 10.1 Å². The van der Waals surface area contributed by atoms with E-state index in [0.29, 0.717) is 18.7 Å². The minimum absolute atomic E-state index is 0.231. The van der Waals surface area contributed by atoms with E-state index < -0.39 is 0 Å². The van der Waals surface area contributed by atoms with Gasteiger partial charge < -0.3 is 15.0 Å². The van der Waals surface area contributed by atoms with Crippen LogP contribution in [0.25, 0.3) is 0 Å². The summed E-state index contributed by atoms with van der Waals surface area (Å²) in [6.45, 7) is 2.23. The zero-order chi connectivity index (χ0) is 19.9. The third kappa shape index (κ3) is 4.92. The summed E-state index contributed by atoms with van der Waals surface area (Å²) in [6, 6.07) is 12.7. The molecule has 0 aliphatic heterocycles. The first-order chi connectivity index (χ1) is 13.6. The van der Waals surface area contributed by atoms with Crippen molar-refractivity contribution < 1.29 is 9.53 Å². The van der Waals surface area contributed by atoms with Crippen LogP contribution in [0.1, 0.15) is 28.9 Å². The van der Waals surface area contributed by atoms with Gasteiger partial charge in [0.05, 0.1) is 18.3 Å². The quantitative estimate of drug-likeness (QED) is 0.657. The van der Waals surface area contributed by atoms with Gasteiger partial charge >= 0.3 is 6.03 Å². The van der Waals surface area contributed by atoms with Crippen molar-refractivity contribution >= 4 is 11.7 Å². The number of methoxy groups -OCH3 is 1. The number of hydrogen-bond donors (Lipinski definition) is 2. The number of ether oxygens (including phenoxy) is 1. The van der Waals surface area contributed by atoms with Crippen LogP contribution in [0.5, 0.6) is 0 Å². The molecule has 0 aliphatic rings. The van der Waals surface area contributed by atoms with Gasteiger partial charge in [0.2, 0.25) is 0 Å². The Balaban J connectivity index is 1.64. The minimum Gasteiger partial charge on any atom is -0.382 e. The average molecular weight is 380 g/mol. The highest BCUT2D eigenvalue weighted by molar-refractivity contribution is 5.89. The lowest BCUT2D eigenvalue weighted by atomic mass is 10.1. The van der Waals surface area contributed by atoms with Gasteiger partial charge in [0.25, 0.3) is 0 Å². The molecule has 2 aromatic heterocycles. The number of aromatic amines is 1. The Bertz CT molecular complexity index is 895. The molecule has 3 aromatic rings. The third-order valence-electron chi connectivity index (χ3n) is 4.35. The van der Waals surface area contributed by atoms with Gasteiger partial charge in [-0.25, -0.2) is 9.78 Å². The molecule has 0 fully saturated rings. The van der Waals surface area contributed by atoms with Gasteiger partial charge in [-0.1, -0.05) is 18.2 Å². The largest absolute Gasteiger partial charge is 0.382 e. The molecule has 28 heavy (non-hydrogen) atoms. The van der Waals surface area contributed by atoms with Gasteiger partial charge in [-0.15, -0.1) is 0 Å². The maximum atomic E-state index is 12.7. The van der Waals surface area contributed by atoms with Crippen LogP contribution in [0.4, 0.5) is 10.5 Å². The molecule has 3 rings (SSSR count). The van der Waals surface area contributed by atoms with E-state index in [4.69, 9.17) is 4.74 Å². The third-order valence-corrected chi connectivity index (χ3v) is 4.35. The number of rotatable bonds is 7. The molecule has 2 amide bonds. The molecule has 1 atom stereocenters. The van der Waals surface area contributed by atoms with Crippen molar-refractivity contribution in [3.8, 4) is 0 Å². The number of aryl methyl sites for hydroxylation is 1. The zero-order valence-corrected chi connectivity index (χ0v) is 16.2. The number of likely N-dealkylation sites (N-methyl/N-ethyl adjacent to an activating group) is 1. The topological polar surface area (TPSA) is 96.0 Å². The van der Waals surface area contributed by atoms with Crippen LogP contribution in [-0.2, 0) is 11.2 Å². The molecule has 1 unspecified atom stereocenters. The van der Waals surface area contributed by atoms with Crippen LogP contribution in [0.2, 0.25) is 0 Å². The summed E-state index contributed by atoms with van der Waals surface area (Å²) >= 11 is 0. The molecule has 0 aliphatic carbocycles. The Morgan fingerprint density at radius 1 is 1.25 bits per heavy atom. The number of nitrogens with zero attached hydrogens (tertiary/aromatic N) is 4. The lowest BCUT2D eigenvalue weighted by molar-refractivity contribution is 0.119. The second-order valence-corrected chi connectivity index (χ2v) is 6.48. The number of urea groups is 1. The van der Waals surface area contributed by atoms with Crippen LogP contribution in [-0.4, -0.2) is 51.9 Å². The molecule has 0 bridgehead atoms. The van der Waals surface area contributed by atoms with Crippen molar-refractivity contribution in [3.05, 3.63) is 71.6 Å². The van der Waals surface area contributed by atoms with E-state index in [1.54, 1.807) is 25.3 Å². The monoisotopic (exact) mass is 380 g/mol. The van der Waals surface area contributed by atoms with Gasteiger partial charge in [0.15, 0.2) is 5.82 Å². The SMILES string of the molecule is COCC(c1ccccn1)N(C)C(=O)Nc1ccc(Cc2n[nH]c(C)n2)cc1. The van der Waals surface area contributed by atoms with E-state index in [-0.39, 0.29) is 12.1 Å².